The van der Waals surface area contributed by atoms with Gasteiger partial charge in [-0.25, -0.2) is 4.79 Å². The van der Waals surface area contributed by atoms with Crippen molar-refractivity contribution in [2.45, 2.75) is 18.9 Å². The third kappa shape index (κ3) is 4.68. The van der Waals surface area contributed by atoms with E-state index in [9.17, 15) is 14.4 Å². The third-order valence-electron chi connectivity index (χ3n) is 4.49. The summed E-state index contributed by atoms with van der Waals surface area (Å²) < 4.78 is 0. The smallest absolute Gasteiger partial charge is 0.316 e. The highest BCUT2D eigenvalue weighted by atomic mass is 32.1. The van der Waals surface area contributed by atoms with Crippen LogP contribution in [0.25, 0.3) is 10.4 Å². The molecule has 8 nitrogen and oxygen atoms in total. The van der Waals surface area contributed by atoms with Crippen LogP contribution in [0.15, 0.2) is 30.3 Å². The van der Waals surface area contributed by atoms with Gasteiger partial charge in [-0.3, -0.25) is 9.59 Å². The van der Waals surface area contributed by atoms with Crippen LogP contribution in [0, 0.1) is 0 Å². The highest BCUT2D eigenvalue weighted by molar-refractivity contribution is 7.18. The topological polar surface area (TPSA) is 125 Å². The molecule has 6 N–H and O–H groups in total. The lowest BCUT2D eigenvalue weighted by molar-refractivity contribution is 0.0933. The van der Waals surface area contributed by atoms with E-state index >= 15 is 0 Å². The lowest BCUT2D eigenvalue weighted by Crippen LogP contribution is -2.45. The Hall–Kier alpha value is -2.91. The molecule has 1 aromatic carbocycles. The molecule has 2 aromatic rings. The van der Waals surface area contributed by atoms with Gasteiger partial charge in [0, 0.05) is 30.1 Å². The first kappa shape index (κ1) is 19.8. The molecule has 1 aliphatic rings. The zero-order chi connectivity index (χ0) is 20.1. The number of anilines is 1. The van der Waals surface area contributed by atoms with E-state index in [0.29, 0.717) is 16.1 Å². The molecule has 0 spiro atoms. The Kier molecular flexibility index (Phi) is 6.27. The van der Waals surface area contributed by atoms with Crippen molar-refractivity contribution in [1.29, 1.82) is 0 Å². The fourth-order valence-electron chi connectivity index (χ4n) is 3.08. The van der Waals surface area contributed by atoms with E-state index in [0.717, 1.165) is 36.4 Å². The molecule has 28 heavy (non-hydrogen) atoms. The van der Waals surface area contributed by atoms with E-state index in [1.165, 1.54) is 11.3 Å². The lowest BCUT2D eigenvalue weighted by Gasteiger charge is -2.23. The second-order valence-corrected chi connectivity index (χ2v) is 7.57. The molecule has 1 fully saturated rings. The zero-order valence-corrected chi connectivity index (χ0v) is 16.3. The van der Waals surface area contributed by atoms with Crippen LogP contribution >= 0.6 is 11.3 Å². The number of carbonyl (C=O) groups excluding carboxylic acids is 3. The number of carbonyl (C=O) groups is 3. The van der Waals surface area contributed by atoms with Crippen LogP contribution in [0.5, 0.6) is 0 Å². The van der Waals surface area contributed by atoms with Gasteiger partial charge in [-0.1, -0.05) is 12.1 Å². The predicted molar refractivity (Wildman–Crippen MR) is 110 cm³/mol. The molecule has 1 aliphatic heterocycles. The summed E-state index contributed by atoms with van der Waals surface area (Å²) in [6.07, 6.45) is 1.92. The molecule has 148 valence electrons. The Labute approximate surface area is 166 Å². The first-order chi connectivity index (χ1) is 13.5. The molecule has 4 amide bonds. The van der Waals surface area contributed by atoms with Crippen molar-refractivity contribution < 1.29 is 14.4 Å². The van der Waals surface area contributed by atoms with Gasteiger partial charge in [-0.05, 0) is 43.1 Å². The normalized spacial score (nSPS) is 16.2. The van der Waals surface area contributed by atoms with Gasteiger partial charge in [-0.2, -0.15) is 0 Å². The van der Waals surface area contributed by atoms with Gasteiger partial charge < -0.3 is 27.0 Å². The Morgan fingerprint density at radius 1 is 1.18 bits per heavy atom. The Balaban J connectivity index is 1.85. The molecule has 1 atom stereocenters. The van der Waals surface area contributed by atoms with Crippen molar-refractivity contribution in [3.63, 3.8) is 0 Å². The maximum Gasteiger partial charge on any atom is 0.316 e. The summed E-state index contributed by atoms with van der Waals surface area (Å²) in [6, 6.07) is 8.07. The number of amides is 4. The van der Waals surface area contributed by atoms with Crippen molar-refractivity contribution in [1.82, 2.24) is 16.0 Å². The van der Waals surface area contributed by atoms with Gasteiger partial charge in [-0.15, -0.1) is 11.3 Å². The molecule has 0 saturated carbocycles. The number of thiophene rings is 1. The molecular weight excluding hydrogens is 378 g/mol. The second-order valence-electron chi connectivity index (χ2n) is 6.52. The number of rotatable bonds is 5. The molecule has 0 radical (unpaired) electrons. The fourth-order valence-corrected chi connectivity index (χ4v) is 4.11. The monoisotopic (exact) mass is 401 g/mol. The number of benzene rings is 1. The Bertz CT molecular complexity index is 872. The maximum atomic E-state index is 12.8. The molecule has 0 bridgehead atoms. The number of nitrogens with one attached hydrogen (secondary N) is 4. The lowest BCUT2D eigenvalue weighted by atomic mass is 10.1. The minimum atomic E-state index is -0.729. The largest absolute Gasteiger partial charge is 0.355 e. The number of piperidine rings is 1. The van der Waals surface area contributed by atoms with E-state index in [1.807, 2.05) is 0 Å². The number of hydrogen-bond donors (Lipinski definition) is 5. The molecular formula is C19H23N5O3S. The van der Waals surface area contributed by atoms with E-state index in [4.69, 9.17) is 5.73 Å². The van der Waals surface area contributed by atoms with Gasteiger partial charge in [0.05, 0.1) is 5.69 Å². The van der Waals surface area contributed by atoms with Crippen molar-refractivity contribution in [2.24, 2.45) is 5.73 Å². The average Bonchev–Trinajstić information content (AvgIpc) is 3.11. The summed E-state index contributed by atoms with van der Waals surface area (Å²) in [5, 5.41) is 11.4. The number of hydrogen-bond acceptors (Lipinski definition) is 5. The standard InChI is InChI=1S/C19H23N5O3S/c1-21-17(25)12-6-4-11(5-7-12)15-9-14(24-19(20)27)16(28-15)18(26)23-13-3-2-8-22-10-13/h4-7,9,13,22H,2-3,8,10H2,1H3,(H,21,25)(H,23,26)(H3,20,24,27)/t13-/m0/s1. The molecule has 9 heteroatoms. The first-order valence-corrected chi connectivity index (χ1v) is 9.84. The van der Waals surface area contributed by atoms with Crippen molar-refractivity contribution >= 4 is 34.9 Å². The summed E-state index contributed by atoms with van der Waals surface area (Å²) in [7, 11) is 1.57. The molecule has 2 heterocycles. The zero-order valence-electron chi connectivity index (χ0n) is 15.5. The molecule has 0 unspecified atom stereocenters. The molecule has 1 aromatic heterocycles. The van der Waals surface area contributed by atoms with Crippen molar-refractivity contribution in [2.75, 3.05) is 25.5 Å². The van der Waals surface area contributed by atoms with Crippen LogP contribution in [-0.4, -0.2) is 44.0 Å². The minimum absolute atomic E-state index is 0.0556. The highest BCUT2D eigenvalue weighted by Gasteiger charge is 2.22. The fraction of sp³-hybridized carbons (Fsp3) is 0.316. The minimum Gasteiger partial charge on any atom is -0.355 e. The van der Waals surface area contributed by atoms with Crippen LogP contribution < -0.4 is 27.0 Å². The van der Waals surface area contributed by atoms with Gasteiger partial charge in [0.1, 0.15) is 4.88 Å². The van der Waals surface area contributed by atoms with Crippen LogP contribution in [0.3, 0.4) is 0 Å². The van der Waals surface area contributed by atoms with Crippen LogP contribution in [0.4, 0.5) is 10.5 Å². The van der Waals surface area contributed by atoms with E-state index in [-0.39, 0.29) is 17.9 Å². The summed E-state index contributed by atoms with van der Waals surface area (Å²) in [5.74, 6) is -0.411. The van der Waals surface area contributed by atoms with Crippen LogP contribution in [-0.2, 0) is 0 Å². The summed E-state index contributed by atoms with van der Waals surface area (Å²) in [4.78, 5) is 37.0. The summed E-state index contributed by atoms with van der Waals surface area (Å²) in [6.45, 7) is 1.68. The van der Waals surface area contributed by atoms with Crippen molar-refractivity contribution in [3.8, 4) is 10.4 Å². The second kappa shape index (κ2) is 8.85. The predicted octanol–water partition coefficient (Wildman–Crippen LogP) is 1.75. The van der Waals surface area contributed by atoms with Gasteiger partial charge in [0.15, 0.2) is 0 Å². The third-order valence-corrected chi connectivity index (χ3v) is 5.67. The quantitative estimate of drug-likeness (QED) is 0.523. The van der Waals surface area contributed by atoms with Gasteiger partial charge >= 0.3 is 6.03 Å². The van der Waals surface area contributed by atoms with Crippen molar-refractivity contribution in [3.05, 3.63) is 40.8 Å². The Morgan fingerprint density at radius 3 is 2.54 bits per heavy atom. The van der Waals surface area contributed by atoms with Gasteiger partial charge in [0.25, 0.3) is 11.8 Å². The highest BCUT2D eigenvalue weighted by Crippen LogP contribution is 2.35. The molecule has 1 saturated heterocycles. The van der Waals surface area contributed by atoms with Crippen LogP contribution in [0.1, 0.15) is 32.9 Å². The average molecular weight is 401 g/mol. The van der Waals surface area contributed by atoms with Gasteiger partial charge in [0.2, 0.25) is 0 Å². The number of nitrogens with two attached hydrogens (primary N) is 1. The number of urea groups is 1. The SMILES string of the molecule is CNC(=O)c1ccc(-c2cc(NC(N)=O)c(C(=O)N[C@H]3CCCNC3)s2)cc1. The first-order valence-electron chi connectivity index (χ1n) is 9.02. The van der Waals surface area contributed by atoms with E-state index < -0.39 is 6.03 Å². The molecule has 3 rings (SSSR count). The Morgan fingerprint density at radius 2 is 1.93 bits per heavy atom. The van der Waals surface area contributed by atoms with E-state index in [2.05, 4.69) is 21.3 Å². The maximum absolute atomic E-state index is 12.8. The molecule has 0 aliphatic carbocycles. The number of primary amides is 1. The summed E-state index contributed by atoms with van der Waals surface area (Å²) >= 11 is 1.27. The van der Waals surface area contributed by atoms with Crippen LogP contribution in [0.2, 0.25) is 0 Å². The van der Waals surface area contributed by atoms with E-state index in [1.54, 1.807) is 37.4 Å². The summed E-state index contributed by atoms with van der Waals surface area (Å²) in [5.41, 5.74) is 7.02.